The second-order valence-corrected chi connectivity index (χ2v) is 7.65. The number of aliphatic imine (C=N–C) groups is 1. The summed E-state index contributed by atoms with van der Waals surface area (Å²) in [7, 11) is 0. The molecule has 1 aromatic heterocycles. The lowest BCUT2D eigenvalue weighted by Crippen LogP contribution is -2.39. The number of fused-ring (bicyclic) bond motifs is 2. The summed E-state index contributed by atoms with van der Waals surface area (Å²) >= 11 is 0. The first-order valence-electron chi connectivity index (χ1n) is 10.3. The molecule has 170 valence electrons. The predicted molar refractivity (Wildman–Crippen MR) is 124 cm³/mol. The minimum atomic E-state index is -1.59. The average molecular weight is 449 g/mol. The van der Waals surface area contributed by atoms with Gasteiger partial charge < -0.3 is 31.1 Å². The molecule has 1 atom stereocenters. The number of carbonyl (C=O) groups excluding carboxylic acids is 2. The Labute approximate surface area is 188 Å². The van der Waals surface area contributed by atoms with Crippen LogP contribution in [0.4, 0.5) is 11.4 Å². The molecule has 1 aliphatic rings. The molecule has 0 fully saturated rings. The van der Waals surface area contributed by atoms with Crippen molar-refractivity contribution < 1.29 is 19.8 Å². The lowest BCUT2D eigenvalue weighted by Gasteiger charge is -2.23. The Balaban J connectivity index is 1.45. The predicted octanol–water partition coefficient (Wildman–Crippen LogP) is 0.462. The fourth-order valence-electron chi connectivity index (χ4n) is 3.71. The zero-order valence-electron chi connectivity index (χ0n) is 17.6. The normalized spacial score (nSPS) is 13.3. The lowest BCUT2D eigenvalue weighted by atomic mass is 10.1. The highest BCUT2D eigenvalue weighted by atomic mass is 16.3. The van der Waals surface area contributed by atoms with Crippen molar-refractivity contribution in [1.29, 1.82) is 0 Å². The summed E-state index contributed by atoms with van der Waals surface area (Å²) in [5.74, 6) is -0.821. The van der Waals surface area contributed by atoms with Crippen molar-refractivity contribution in [3.05, 3.63) is 70.0 Å². The first kappa shape index (κ1) is 22.2. The van der Waals surface area contributed by atoms with Crippen LogP contribution in [0.3, 0.4) is 0 Å². The molecule has 4 rings (SSSR count). The number of amidine groups is 1. The number of rotatable bonds is 7. The summed E-state index contributed by atoms with van der Waals surface area (Å²) in [5.41, 5.74) is 8.75. The number of aliphatic hydroxyl groups excluding tert-OH is 2. The van der Waals surface area contributed by atoms with E-state index in [1.165, 1.54) is 11.0 Å². The Morgan fingerprint density at radius 2 is 2.00 bits per heavy atom. The van der Waals surface area contributed by atoms with Crippen LogP contribution in [0, 0.1) is 0 Å². The molecule has 1 aliphatic heterocycles. The van der Waals surface area contributed by atoms with Gasteiger partial charge in [0, 0.05) is 40.5 Å². The number of aromatic amines is 1. The number of pyridine rings is 1. The molecule has 0 saturated heterocycles. The van der Waals surface area contributed by atoms with E-state index in [1.807, 2.05) is 0 Å². The highest BCUT2D eigenvalue weighted by Crippen LogP contribution is 2.23. The number of hydrogen-bond donors (Lipinski definition) is 5. The fraction of sp³-hybridized carbons (Fsp3) is 0.217. The summed E-state index contributed by atoms with van der Waals surface area (Å²) in [6.07, 6.45) is -2.07. The maximum Gasteiger partial charge on any atom is 0.253 e. The van der Waals surface area contributed by atoms with Crippen molar-refractivity contribution in [1.82, 2.24) is 4.98 Å². The van der Waals surface area contributed by atoms with E-state index in [0.29, 0.717) is 34.7 Å². The van der Waals surface area contributed by atoms with Gasteiger partial charge in [0.05, 0.1) is 19.6 Å². The average Bonchev–Trinajstić information content (AvgIpc) is 3.17. The van der Waals surface area contributed by atoms with Crippen molar-refractivity contribution in [2.24, 2.45) is 10.7 Å². The number of hydrogen-bond acceptors (Lipinski definition) is 7. The Bertz CT molecular complexity index is 1320. The maximum absolute atomic E-state index is 12.9. The molecule has 10 nitrogen and oxygen atoms in total. The molecular weight excluding hydrogens is 426 g/mol. The molecule has 0 radical (unpaired) electrons. The van der Waals surface area contributed by atoms with Crippen molar-refractivity contribution >= 4 is 39.9 Å². The molecule has 10 heteroatoms. The van der Waals surface area contributed by atoms with Crippen molar-refractivity contribution in [3.8, 4) is 0 Å². The summed E-state index contributed by atoms with van der Waals surface area (Å²) < 4.78 is 0. The highest BCUT2D eigenvalue weighted by molar-refractivity contribution is 6.03. The number of anilines is 2. The molecule has 2 heterocycles. The van der Waals surface area contributed by atoms with Gasteiger partial charge in [-0.15, -0.1) is 0 Å². The number of nitrogens with two attached hydrogens (primary N) is 1. The van der Waals surface area contributed by atoms with Gasteiger partial charge in [0.25, 0.3) is 5.91 Å². The number of aliphatic hydroxyl groups is 2. The van der Waals surface area contributed by atoms with Crippen molar-refractivity contribution in [2.75, 3.05) is 23.4 Å². The van der Waals surface area contributed by atoms with Crippen LogP contribution in [0.1, 0.15) is 17.5 Å². The zero-order valence-corrected chi connectivity index (χ0v) is 17.6. The highest BCUT2D eigenvalue weighted by Gasteiger charge is 2.24. The van der Waals surface area contributed by atoms with E-state index in [4.69, 9.17) is 5.73 Å². The standard InChI is InChI=1S/C23H23N5O5/c24-22-17-4-2-15(9-14(17)12-25-22)26-23(33)19(30)11-21(32)28(7-8-29)16-3-5-18-13(10-16)1-6-20(31)27-18/h1-6,9-10,19,29-30H,7-8,11-12H2,(H2,24,25)(H,26,33)(H,27,31)/t19-/m1/s1. The van der Waals surface area contributed by atoms with E-state index in [1.54, 1.807) is 42.5 Å². The molecule has 3 aromatic rings. The fourth-order valence-corrected chi connectivity index (χ4v) is 3.71. The van der Waals surface area contributed by atoms with Gasteiger partial charge in [-0.1, -0.05) is 0 Å². The van der Waals surface area contributed by atoms with E-state index < -0.39 is 24.3 Å². The van der Waals surface area contributed by atoms with Gasteiger partial charge in [0.1, 0.15) is 11.9 Å². The van der Waals surface area contributed by atoms with Crippen LogP contribution in [0.2, 0.25) is 0 Å². The Morgan fingerprint density at radius 3 is 2.79 bits per heavy atom. The van der Waals surface area contributed by atoms with Gasteiger partial charge in [-0.25, -0.2) is 0 Å². The molecule has 0 bridgehead atoms. The summed E-state index contributed by atoms with van der Waals surface area (Å²) in [6, 6.07) is 13.1. The molecule has 6 N–H and O–H groups in total. The first-order valence-corrected chi connectivity index (χ1v) is 10.3. The minimum absolute atomic E-state index is 0.0196. The molecule has 0 spiro atoms. The summed E-state index contributed by atoms with van der Waals surface area (Å²) in [5, 5.41) is 23.1. The second-order valence-electron chi connectivity index (χ2n) is 7.65. The van der Waals surface area contributed by atoms with Gasteiger partial charge in [0.2, 0.25) is 11.5 Å². The van der Waals surface area contributed by atoms with Gasteiger partial charge in [0.15, 0.2) is 0 Å². The van der Waals surface area contributed by atoms with E-state index in [-0.39, 0.29) is 18.7 Å². The topological polar surface area (TPSA) is 161 Å². The van der Waals surface area contributed by atoms with Crippen LogP contribution in [0.5, 0.6) is 0 Å². The number of nitrogens with one attached hydrogen (secondary N) is 2. The molecule has 2 aromatic carbocycles. The monoisotopic (exact) mass is 449 g/mol. The van der Waals surface area contributed by atoms with Gasteiger partial charge in [-0.2, -0.15) is 0 Å². The van der Waals surface area contributed by atoms with Crippen LogP contribution < -0.4 is 21.5 Å². The summed E-state index contributed by atoms with van der Waals surface area (Å²) in [4.78, 5) is 44.9. The SMILES string of the molecule is NC1=NCc2cc(NC(=O)[C@H](O)CC(=O)N(CCO)c3ccc4[nH]c(=O)ccc4c3)ccc21. The van der Waals surface area contributed by atoms with Gasteiger partial charge in [-0.3, -0.25) is 19.4 Å². The molecule has 0 aliphatic carbocycles. The van der Waals surface area contributed by atoms with Crippen LogP contribution >= 0.6 is 0 Å². The van der Waals surface area contributed by atoms with E-state index in [0.717, 1.165) is 11.1 Å². The van der Waals surface area contributed by atoms with Crippen LogP contribution in [-0.4, -0.2) is 52.1 Å². The first-order chi connectivity index (χ1) is 15.9. The van der Waals surface area contributed by atoms with Crippen LogP contribution in [-0.2, 0) is 16.1 Å². The quantitative estimate of drug-likeness (QED) is 0.352. The lowest BCUT2D eigenvalue weighted by molar-refractivity contribution is -0.129. The van der Waals surface area contributed by atoms with Crippen molar-refractivity contribution in [3.63, 3.8) is 0 Å². The Kier molecular flexibility index (Phi) is 6.20. The van der Waals surface area contributed by atoms with Gasteiger partial charge in [-0.05, 0) is 48.0 Å². The van der Waals surface area contributed by atoms with Crippen LogP contribution in [0.15, 0.2) is 58.3 Å². The smallest absolute Gasteiger partial charge is 0.253 e. The maximum atomic E-state index is 12.9. The summed E-state index contributed by atoms with van der Waals surface area (Å²) in [6.45, 7) is 0.0912. The zero-order chi connectivity index (χ0) is 23.5. The third kappa shape index (κ3) is 4.76. The molecule has 33 heavy (non-hydrogen) atoms. The van der Waals surface area contributed by atoms with Crippen LogP contribution in [0.25, 0.3) is 10.9 Å². The Morgan fingerprint density at radius 1 is 1.18 bits per heavy atom. The number of amides is 2. The number of carbonyl (C=O) groups is 2. The van der Waals surface area contributed by atoms with E-state index in [9.17, 15) is 24.6 Å². The minimum Gasteiger partial charge on any atom is -0.395 e. The third-order valence-corrected chi connectivity index (χ3v) is 5.38. The number of aromatic nitrogens is 1. The number of nitrogens with zero attached hydrogens (tertiary/aromatic N) is 2. The van der Waals surface area contributed by atoms with E-state index in [2.05, 4.69) is 15.3 Å². The second kappa shape index (κ2) is 9.23. The Hall–Kier alpha value is -4.02. The molecule has 2 amide bonds. The molecule has 0 unspecified atom stereocenters. The molecule has 0 saturated carbocycles. The number of benzene rings is 2. The van der Waals surface area contributed by atoms with Gasteiger partial charge >= 0.3 is 0 Å². The largest absolute Gasteiger partial charge is 0.395 e. The van der Waals surface area contributed by atoms with E-state index >= 15 is 0 Å². The molecular formula is C23H23N5O5. The number of H-pyrrole nitrogens is 1. The third-order valence-electron chi connectivity index (χ3n) is 5.38. The van der Waals surface area contributed by atoms with Crippen molar-refractivity contribution in [2.45, 2.75) is 19.1 Å².